The first-order valence-electron chi connectivity index (χ1n) is 7.48. The molecule has 0 saturated heterocycles. The van der Waals surface area contributed by atoms with Crippen LogP contribution in [0.25, 0.3) is 22.4 Å². The van der Waals surface area contributed by atoms with Crippen molar-refractivity contribution >= 4 is 41.8 Å². The number of aromatic amines is 1. The van der Waals surface area contributed by atoms with Crippen molar-refractivity contribution in [1.82, 2.24) is 19.5 Å². The Hall–Kier alpha value is -2.91. The van der Waals surface area contributed by atoms with Crippen LogP contribution in [0.4, 0.5) is 0 Å². The molecule has 0 aliphatic rings. The third kappa shape index (κ3) is 4.87. The highest BCUT2D eigenvalue weighted by atomic mass is 35.5. The second-order valence-electron chi connectivity index (χ2n) is 5.52. The summed E-state index contributed by atoms with van der Waals surface area (Å²) in [6.45, 7) is 0.718. The SMILES string of the molecule is Cl.Cl.O.O.O=C(O)c1ccccc1-c1nc2ccc(Cn3ccnc3)cc2[nH]1. The molecule has 2 aromatic carbocycles. The van der Waals surface area contributed by atoms with Crippen molar-refractivity contribution in [2.45, 2.75) is 6.54 Å². The highest BCUT2D eigenvalue weighted by Gasteiger charge is 2.14. The topological polar surface area (TPSA) is 147 Å². The number of aromatic nitrogens is 4. The van der Waals surface area contributed by atoms with Gasteiger partial charge in [0.15, 0.2) is 0 Å². The molecule has 8 nitrogen and oxygen atoms in total. The third-order valence-corrected chi connectivity index (χ3v) is 3.88. The highest BCUT2D eigenvalue weighted by Crippen LogP contribution is 2.24. The van der Waals surface area contributed by atoms with Crippen molar-refractivity contribution in [3.05, 3.63) is 72.3 Å². The monoisotopic (exact) mass is 426 g/mol. The number of nitrogens with one attached hydrogen (secondary N) is 1. The number of halogens is 2. The number of carboxylic acid groups (broad SMARTS) is 1. The van der Waals surface area contributed by atoms with Gasteiger partial charge in [-0.15, -0.1) is 24.8 Å². The number of rotatable bonds is 4. The molecule has 0 saturated carbocycles. The first-order chi connectivity index (χ1) is 11.7. The average Bonchev–Trinajstić information content (AvgIpc) is 3.23. The molecule has 0 unspecified atom stereocenters. The predicted molar refractivity (Wildman–Crippen MR) is 112 cm³/mol. The lowest BCUT2D eigenvalue weighted by Crippen LogP contribution is -1.99. The first-order valence-corrected chi connectivity index (χ1v) is 7.48. The number of hydrogen-bond donors (Lipinski definition) is 2. The van der Waals surface area contributed by atoms with Crippen LogP contribution in [0.5, 0.6) is 0 Å². The highest BCUT2D eigenvalue weighted by molar-refractivity contribution is 5.96. The Labute approximate surface area is 172 Å². The summed E-state index contributed by atoms with van der Waals surface area (Å²) in [6.07, 6.45) is 5.42. The summed E-state index contributed by atoms with van der Waals surface area (Å²) in [4.78, 5) is 23.2. The normalized spacial score (nSPS) is 9.43. The second-order valence-corrected chi connectivity index (χ2v) is 5.52. The van der Waals surface area contributed by atoms with Gasteiger partial charge in [0, 0.05) is 24.5 Å². The molecule has 0 bridgehead atoms. The van der Waals surface area contributed by atoms with E-state index in [-0.39, 0.29) is 41.3 Å². The molecule has 2 aromatic heterocycles. The molecule has 0 aliphatic carbocycles. The molecule has 0 spiro atoms. The van der Waals surface area contributed by atoms with Gasteiger partial charge in [-0.25, -0.2) is 14.8 Å². The fourth-order valence-electron chi connectivity index (χ4n) is 2.75. The van der Waals surface area contributed by atoms with E-state index in [1.165, 1.54) is 0 Å². The Morgan fingerprint density at radius 3 is 2.54 bits per heavy atom. The van der Waals surface area contributed by atoms with Gasteiger partial charge >= 0.3 is 5.97 Å². The largest absolute Gasteiger partial charge is 0.478 e. The van der Waals surface area contributed by atoms with Crippen LogP contribution in [0.3, 0.4) is 0 Å². The molecule has 0 radical (unpaired) electrons. The lowest BCUT2D eigenvalue weighted by atomic mass is 10.1. The van der Waals surface area contributed by atoms with E-state index >= 15 is 0 Å². The van der Waals surface area contributed by atoms with Crippen molar-refractivity contribution in [3.63, 3.8) is 0 Å². The Kier molecular flexibility index (Phi) is 9.35. The summed E-state index contributed by atoms with van der Waals surface area (Å²) in [7, 11) is 0. The molecule has 2 heterocycles. The fraction of sp³-hybridized carbons (Fsp3) is 0.0556. The van der Waals surface area contributed by atoms with Crippen molar-refractivity contribution in [2.75, 3.05) is 0 Å². The molecule has 0 amide bonds. The summed E-state index contributed by atoms with van der Waals surface area (Å²) in [5, 5.41) is 9.34. The van der Waals surface area contributed by atoms with E-state index in [1.54, 1.807) is 36.8 Å². The summed E-state index contributed by atoms with van der Waals surface area (Å²) in [6, 6.07) is 12.8. The minimum absolute atomic E-state index is 0. The summed E-state index contributed by atoms with van der Waals surface area (Å²) >= 11 is 0. The molecular weight excluding hydrogens is 407 g/mol. The summed E-state index contributed by atoms with van der Waals surface area (Å²) in [5.74, 6) is -0.408. The van der Waals surface area contributed by atoms with Gasteiger partial charge in [0.05, 0.1) is 22.9 Å². The maximum Gasteiger partial charge on any atom is 0.336 e. The van der Waals surface area contributed by atoms with Crippen LogP contribution in [0.15, 0.2) is 61.2 Å². The molecule has 0 fully saturated rings. The van der Waals surface area contributed by atoms with E-state index < -0.39 is 5.97 Å². The molecule has 28 heavy (non-hydrogen) atoms. The van der Waals surface area contributed by atoms with Gasteiger partial charge in [0.2, 0.25) is 0 Å². The standard InChI is InChI=1S/C18H14N4O2.2ClH.2H2O/c23-18(24)14-4-2-1-3-13(14)17-20-15-6-5-12(9-16(15)21-17)10-22-8-7-19-11-22;;;;/h1-9,11H,10H2,(H,20,21)(H,23,24);2*1H;2*1H2. The number of aromatic carboxylic acids is 1. The number of imidazole rings is 2. The molecule has 10 heteroatoms. The van der Waals surface area contributed by atoms with Gasteiger partial charge in [0.1, 0.15) is 5.82 Å². The minimum atomic E-state index is -0.966. The molecule has 0 atom stereocenters. The van der Waals surface area contributed by atoms with Crippen molar-refractivity contribution in [1.29, 1.82) is 0 Å². The van der Waals surface area contributed by atoms with E-state index in [2.05, 4.69) is 15.0 Å². The quantitative estimate of drug-likeness (QED) is 0.515. The maximum atomic E-state index is 11.4. The Morgan fingerprint density at radius 2 is 1.86 bits per heavy atom. The number of fused-ring (bicyclic) bond motifs is 1. The van der Waals surface area contributed by atoms with E-state index in [1.807, 2.05) is 29.0 Å². The third-order valence-electron chi connectivity index (χ3n) is 3.88. The fourth-order valence-corrected chi connectivity index (χ4v) is 2.75. The minimum Gasteiger partial charge on any atom is -0.478 e. The zero-order valence-electron chi connectivity index (χ0n) is 14.5. The Morgan fingerprint density at radius 1 is 1.11 bits per heavy atom. The molecule has 150 valence electrons. The van der Waals surface area contributed by atoms with Gasteiger partial charge in [-0.1, -0.05) is 24.3 Å². The Bertz CT molecular complexity index is 1040. The number of nitrogens with zero attached hydrogens (tertiary/aromatic N) is 3. The number of hydrogen-bond acceptors (Lipinski definition) is 3. The number of benzene rings is 2. The van der Waals surface area contributed by atoms with Crippen molar-refractivity contribution in [2.24, 2.45) is 0 Å². The lowest BCUT2D eigenvalue weighted by molar-refractivity contribution is 0.0697. The first kappa shape index (κ1) is 25.1. The number of H-pyrrole nitrogens is 1. The van der Waals surface area contributed by atoms with Crippen LogP contribution in [-0.2, 0) is 6.54 Å². The molecule has 4 rings (SSSR count). The van der Waals surface area contributed by atoms with Crippen molar-refractivity contribution < 1.29 is 20.9 Å². The van der Waals surface area contributed by atoms with Crippen molar-refractivity contribution in [3.8, 4) is 11.4 Å². The second kappa shape index (κ2) is 10.4. The van der Waals surface area contributed by atoms with Crippen LogP contribution in [0, 0.1) is 0 Å². The number of carboxylic acids is 1. The molecule has 0 aliphatic heterocycles. The van der Waals surface area contributed by atoms with Gasteiger partial charge < -0.3 is 25.6 Å². The van der Waals surface area contributed by atoms with Crippen LogP contribution in [0.1, 0.15) is 15.9 Å². The molecule has 6 N–H and O–H groups in total. The van der Waals surface area contributed by atoms with E-state index in [4.69, 9.17) is 0 Å². The summed E-state index contributed by atoms with van der Waals surface area (Å²) in [5.41, 5.74) is 3.61. The smallest absolute Gasteiger partial charge is 0.336 e. The van der Waals surface area contributed by atoms with Gasteiger partial charge in [-0.05, 0) is 23.8 Å². The Balaban J connectivity index is 0.00000182. The van der Waals surface area contributed by atoms with Gasteiger partial charge in [-0.2, -0.15) is 0 Å². The zero-order valence-corrected chi connectivity index (χ0v) is 16.1. The van der Waals surface area contributed by atoms with E-state index in [0.717, 1.165) is 23.1 Å². The predicted octanol–water partition coefficient (Wildman–Crippen LogP) is 2.37. The van der Waals surface area contributed by atoms with Crippen LogP contribution < -0.4 is 0 Å². The lowest BCUT2D eigenvalue weighted by Gasteiger charge is -2.02. The van der Waals surface area contributed by atoms with E-state index in [0.29, 0.717) is 11.4 Å². The van der Waals surface area contributed by atoms with Gasteiger partial charge in [-0.3, -0.25) is 0 Å². The maximum absolute atomic E-state index is 11.4. The van der Waals surface area contributed by atoms with Crippen LogP contribution in [-0.4, -0.2) is 41.5 Å². The summed E-state index contributed by atoms with van der Waals surface area (Å²) < 4.78 is 1.98. The van der Waals surface area contributed by atoms with Crippen LogP contribution in [0.2, 0.25) is 0 Å². The average molecular weight is 427 g/mol. The van der Waals surface area contributed by atoms with E-state index in [9.17, 15) is 9.90 Å². The number of carbonyl (C=O) groups is 1. The van der Waals surface area contributed by atoms with Crippen LogP contribution >= 0.6 is 24.8 Å². The molecular formula is C18H20Cl2N4O4. The molecule has 4 aromatic rings. The van der Waals surface area contributed by atoms with Gasteiger partial charge in [0.25, 0.3) is 0 Å². The zero-order chi connectivity index (χ0) is 16.5.